The lowest BCUT2D eigenvalue weighted by Gasteiger charge is -2.72. The lowest BCUT2D eigenvalue weighted by atomic mass is 9.33. The van der Waals surface area contributed by atoms with E-state index in [1.807, 2.05) is 19.0 Å². The van der Waals surface area contributed by atoms with Crippen LogP contribution in [0, 0.1) is 56.6 Å². The number of ether oxygens (including phenoxy) is 1. The SMILES string of the molecule is CC(C)C1=C2[C@H]3CC[C@@H]4[C@@]5(C)CC[C@H](OC(=O)CC(C)(C)C(=O)O)C(C)(C)[C@@H]5CC[C@@]4(C)[C@]3(C)CC[C@@]2(c2nnc(N(CCN(C)C)c3ccc(F)cn3)o2)CC1=O. The molecule has 2 aromatic heterocycles. The van der Waals surface area contributed by atoms with Crippen molar-refractivity contribution in [1.29, 1.82) is 0 Å². The van der Waals surface area contributed by atoms with Gasteiger partial charge in [-0.2, -0.15) is 0 Å². The summed E-state index contributed by atoms with van der Waals surface area (Å²) in [5.41, 5.74) is -0.0367. The topological polar surface area (TPSA) is 139 Å². The van der Waals surface area contributed by atoms with Crippen molar-refractivity contribution < 1.29 is 33.0 Å². The Morgan fingerprint density at radius 2 is 1.69 bits per heavy atom. The van der Waals surface area contributed by atoms with Gasteiger partial charge in [0.25, 0.3) is 0 Å². The van der Waals surface area contributed by atoms with Crippen LogP contribution in [0.2, 0.25) is 0 Å². The molecule has 12 heteroatoms. The van der Waals surface area contributed by atoms with Gasteiger partial charge in [-0.3, -0.25) is 19.3 Å². The van der Waals surface area contributed by atoms with Gasteiger partial charge in [-0.1, -0.05) is 53.6 Å². The number of rotatable bonds is 11. The molecule has 7 rings (SSSR count). The number of allylic oxidation sites excluding steroid dienone is 2. The number of anilines is 2. The van der Waals surface area contributed by atoms with Crippen molar-refractivity contribution in [3.63, 3.8) is 0 Å². The molecule has 58 heavy (non-hydrogen) atoms. The first-order valence-electron chi connectivity index (χ1n) is 21.6. The van der Waals surface area contributed by atoms with E-state index < -0.39 is 28.6 Å². The molecule has 4 saturated carbocycles. The number of hydrogen-bond acceptors (Lipinski definition) is 10. The van der Waals surface area contributed by atoms with Gasteiger partial charge >= 0.3 is 18.0 Å². The van der Waals surface area contributed by atoms with Crippen molar-refractivity contribution >= 4 is 29.6 Å². The Labute approximate surface area is 344 Å². The summed E-state index contributed by atoms with van der Waals surface area (Å²) in [6, 6.07) is 3.30. The number of pyridine rings is 1. The third kappa shape index (κ3) is 6.53. The van der Waals surface area contributed by atoms with Crippen LogP contribution in [0.25, 0.3) is 0 Å². The Morgan fingerprint density at radius 3 is 2.33 bits per heavy atom. The highest BCUT2D eigenvalue weighted by molar-refractivity contribution is 6.01. The number of likely N-dealkylation sites (N-methyl/N-ethyl adjacent to an activating group) is 1. The summed E-state index contributed by atoms with van der Waals surface area (Å²) in [7, 11) is 3.97. The van der Waals surface area contributed by atoms with Gasteiger partial charge in [0.05, 0.1) is 23.4 Å². The predicted octanol–water partition coefficient (Wildman–Crippen LogP) is 8.95. The van der Waals surface area contributed by atoms with Crippen LogP contribution >= 0.6 is 0 Å². The molecule has 0 aliphatic heterocycles. The molecule has 5 aliphatic carbocycles. The summed E-state index contributed by atoms with van der Waals surface area (Å²) in [6.07, 6.45) is 8.54. The molecule has 11 nitrogen and oxygen atoms in total. The van der Waals surface area contributed by atoms with E-state index in [0.717, 1.165) is 56.9 Å². The van der Waals surface area contributed by atoms with E-state index >= 15 is 0 Å². The molecule has 0 radical (unpaired) electrons. The molecular formula is C46H66FN5O6. The molecule has 0 amide bonds. The number of halogens is 1. The van der Waals surface area contributed by atoms with Crippen molar-refractivity contribution in [2.75, 3.05) is 32.1 Å². The molecule has 1 N–H and O–H groups in total. The summed E-state index contributed by atoms with van der Waals surface area (Å²) < 4.78 is 26.8. The molecule has 0 aromatic carbocycles. The van der Waals surface area contributed by atoms with E-state index in [1.54, 1.807) is 19.9 Å². The fraction of sp³-hybridized carbons (Fsp3) is 0.739. The summed E-state index contributed by atoms with van der Waals surface area (Å²) in [5.74, 6) is 0.330. The van der Waals surface area contributed by atoms with Gasteiger partial charge in [0.15, 0.2) is 5.78 Å². The molecule has 4 fully saturated rings. The van der Waals surface area contributed by atoms with Gasteiger partial charge in [0, 0.05) is 24.9 Å². The number of carbonyl (C=O) groups is 3. The van der Waals surface area contributed by atoms with E-state index in [-0.39, 0.29) is 51.8 Å². The van der Waals surface area contributed by atoms with Crippen LogP contribution in [0.3, 0.4) is 0 Å². The van der Waals surface area contributed by atoms with E-state index in [0.29, 0.717) is 49.1 Å². The highest BCUT2D eigenvalue weighted by atomic mass is 19.1. The molecule has 318 valence electrons. The van der Waals surface area contributed by atoms with Crippen molar-refractivity contribution in [2.45, 2.75) is 138 Å². The summed E-state index contributed by atoms with van der Waals surface area (Å²) in [4.78, 5) is 47.5. The molecule has 0 saturated heterocycles. The molecule has 0 bridgehead atoms. The quantitative estimate of drug-likeness (QED) is 0.218. The number of esters is 1. The number of aromatic nitrogens is 3. The summed E-state index contributed by atoms with van der Waals surface area (Å²) >= 11 is 0. The highest BCUT2D eigenvalue weighted by Crippen LogP contribution is 2.77. The van der Waals surface area contributed by atoms with Crippen LogP contribution < -0.4 is 4.90 Å². The number of Topliss-reactive ketones (excluding diaryl/α,β-unsaturated/α-hetero) is 1. The number of fused-ring (bicyclic) bond motifs is 7. The second kappa shape index (κ2) is 14.5. The fourth-order valence-electron chi connectivity index (χ4n) is 13.4. The number of carbonyl (C=O) groups excluding carboxylic acids is 2. The number of hydrogen-bond donors (Lipinski definition) is 1. The first kappa shape index (κ1) is 42.5. The van der Waals surface area contributed by atoms with Crippen LogP contribution in [0.5, 0.6) is 0 Å². The van der Waals surface area contributed by atoms with Gasteiger partial charge in [0.2, 0.25) is 5.89 Å². The molecular weight excluding hydrogens is 738 g/mol. The third-order valence-electron chi connectivity index (χ3n) is 16.6. The van der Waals surface area contributed by atoms with Gasteiger partial charge in [-0.05, 0) is 143 Å². The Hall–Kier alpha value is -3.67. The highest BCUT2D eigenvalue weighted by Gasteiger charge is 2.71. The third-order valence-corrected chi connectivity index (χ3v) is 16.6. The lowest BCUT2D eigenvalue weighted by Crippen LogP contribution is -2.66. The Kier molecular flexibility index (Phi) is 10.6. The zero-order valence-electron chi connectivity index (χ0n) is 36.7. The number of aliphatic carboxylic acids is 1. The first-order chi connectivity index (χ1) is 27.0. The Bertz CT molecular complexity index is 1970. The van der Waals surface area contributed by atoms with Crippen molar-refractivity contribution in [3.05, 3.63) is 41.2 Å². The maximum atomic E-state index is 14.3. The van der Waals surface area contributed by atoms with Crippen LogP contribution in [0.15, 0.2) is 33.9 Å². The van der Waals surface area contributed by atoms with Crippen LogP contribution in [-0.2, 0) is 24.5 Å². The molecule has 2 heterocycles. The minimum absolute atomic E-state index is 0.00358. The first-order valence-corrected chi connectivity index (χ1v) is 21.6. The zero-order chi connectivity index (χ0) is 42.4. The zero-order valence-corrected chi connectivity index (χ0v) is 36.7. The maximum absolute atomic E-state index is 14.3. The number of carboxylic acids is 1. The maximum Gasteiger partial charge on any atom is 0.324 e. The minimum Gasteiger partial charge on any atom is -0.481 e. The van der Waals surface area contributed by atoms with Gasteiger partial charge in [-0.15, -0.1) is 5.10 Å². The molecule has 2 aromatic rings. The summed E-state index contributed by atoms with van der Waals surface area (Å²) in [6.45, 7) is 20.7. The monoisotopic (exact) mass is 803 g/mol. The van der Waals surface area contributed by atoms with Gasteiger partial charge in [-0.25, -0.2) is 9.37 Å². The number of carboxylic acid groups (broad SMARTS) is 1. The van der Waals surface area contributed by atoms with E-state index in [4.69, 9.17) is 14.3 Å². The molecule has 8 atom stereocenters. The Balaban J connectivity index is 1.21. The normalized spacial score (nSPS) is 34.3. The second-order valence-corrected chi connectivity index (χ2v) is 21.2. The van der Waals surface area contributed by atoms with Gasteiger partial charge < -0.3 is 19.2 Å². The molecule has 0 spiro atoms. The lowest BCUT2D eigenvalue weighted by molar-refractivity contribution is -0.232. The standard InChI is InChI=1S/C46H66FN5O6/c1-27(2)36-30(53)24-46(38-49-50-40(58-38)52(23-22-51(10)11)34-15-12-28(47)26-48-34)21-20-44(8)29(37(36)46)13-14-32-43(7)18-17-33(57-35(54)25-41(3,4)39(55)56)42(5,6)31(43)16-19-45(32,44)9/h12,15,26-27,29,31-33H,13-14,16-25H2,1-11H3,(H,55,56)/t29-,31+,32-,33+,43+,44-,45-,46-/m1/s1. The predicted molar refractivity (Wildman–Crippen MR) is 219 cm³/mol. The minimum atomic E-state index is -1.18. The van der Waals surface area contributed by atoms with E-state index in [1.165, 1.54) is 17.8 Å². The largest absolute Gasteiger partial charge is 0.481 e. The second-order valence-electron chi connectivity index (χ2n) is 21.2. The Morgan fingerprint density at radius 1 is 0.966 bits per heavy atom. The van der Waals surface area contributed by atoms with E-state index in [9.17, 15) is 23.9 Å². The fourth-order valence-corrected chi connectivity index (χ4v) is 13.4. The number of nitrogens with zero attached hydrogens (tertiary/aromatic N) is 5. The van der Waals surface area contributed by atoms with Crippen molar-refractivity contribution in [1.82, 2.24) is 20.1 Å². The van der Waals surface area contributed by atoms with Crippen molar-refractivity contribution in [2.24, 2.45) is 50.7 Å². The van der Waals surface area contributed by atoms with Crippen LogP contribution in [0.1, 0.15) is 132 Å². The number of ketones is 1. The van der Waals surface area contributed by atoms with Crippen LogP contribution in [-0.4, -0.2) is 76.2 Å². The smallest absolute Gasteiger partial charge is 0.324 e. The van der Waals surface area contributed by atoms with Crippen LogP contribution in [0.4, 0.5) is 16.2 Å². The van der Waals surface area contributed by atoms with E-state index in [2.05, 4.69) is 63.4 Å². The van der Waals surface area contributed by atoms with Gasteiger partial charge in [0.1, 0.15) is 17.7 Å². The van der Waals surface area contributed by atoms with Crippen molar-refractivity contribution in [3.8, 4) is 0 Å². The molecule has 0 unspecified atom stereocenters. The average Bonchev–Trinajstić information content (AvgIpc) is 3.74. The average molecular weight is 804 g/mol. The molecule has 5 aliphatic rings. The summed E-state index contributed by atoms with van der Waals surface area (Å²) in [5, 5.41) is 19.0.